The molecule has 1 N–H and O–H groups in total. The Hall–Kier alpha value is -1.19. The SMILES string of the molecule is CCCCC(=O)CCC(OCC(C)O)c1ccccc1. The number of benzene rings is 1. The Bertz CT molecular complexity index is 373. The number of hydrogen-bond donors (Lipinski definition) is 1. The molecule has 0 bridgehead atoms. The Balaban J connectivity index is 2.52. The molecule has 20 heavy (non-hydrogen) atoms. The molecular weight excluding hydrogens is 252 g/mol. The predicted molar refractivity (Wildman–Crippen MR) is 80.6 cm³/mol. The molecule has 1 aromatic carbocycles. The highest BCUT2D eigenvalue weighted by molar-refractivity contribution is 5.78. The summed E-state index contributed by atoms with van der Waals surface area (Å²) in [4.78, 5) is 11.8. The maximum atomic E-state index is 11.8. The molecular formula is C17H26O3. The first kappa shape index (κ1) is 16.9. The number of aliphatic hydroxyl groups is 1. The first-order chi connectivity index (χ1) is 9.63. The van der Waals surface area contributed by atoms with Crippen LogP contribution in [0.1, 0.15) is 57.6 Å². The van der Waals surface area contributed by atoms with Crippen molar-refractivity contribution < 1.29 is 14.6 Å². The number of unbranched alkanes of at least 4 members (excludes halogenated alkanes) is 1. The third-order valence-electron chi connectivity index (χ3n) is 3.20. The number of aliphatic hydroxyl groups excluding tert-OH is 1. The van der Waals surface area contributed by atoms with Crippen LogP contribution in [0.2, 0.25) is 0 Å². The second kappa shape index (κ2) is 9.67. The van der Waals surface area contributed by atoms with Crippen molar-refractivity contribution in [2.24, 2.45) is 0 Å². The van der Waals surface area contributed by atoms with Gasteiger partial charge in [-0.2, -0.15) is 0 Å². The van der Waals surface area contributed by atoms with Crippen LogP contribution in [0.25, 0.3) is 0 Å². The lowest BCUT2D eigenvalue weighted by atomic mass is 10.0. The van der Waals surface area contributed by atoms with Gasteiger partial charge in [0, 0.05) is 12.8 Å². The molecule has 2 atom stereocenters. The summed E-state index contributed by atoms with van der Waals surface area (Å²) in [5.74, 6) is 0.299. The van der Waals surface area contributed by atoms with Crippen molar-refractivity contribution in [1.29, 1.82) is 0 Å². The lowest BCUT2D eigenvalue weighted by molar-refractivity contribution is -0.120. The van der Waals surface area contributed by atoms with E-state index in [0.717, 1.165) is 18.4 Å². The molecule has 0 saturated carbocycles. The van der Waals surface area contributed by atoms with Crippen LogP contribution in [0.3, 0.4) is 0 Å². The number of carbonyl (C=O) groups excluding carboxylic acids is 1. The smallest absolute Gasteiger partial charge is 0.133 e. The zero-order valence-electron chi connectivity index (χ0n) is 12.5. The van der Waals surface area contributed by atoms with Gasteiger partial charge in [0.05, 0.1) is 18.8 Å². The summed E-state index contributed by atoms with van der Waals surface area (Å²) >= 11 is 0. The standard InChI is InChI=1S/C17H26O3/c1-3-4-10-16(19)11-12-17(20-13-14(2)18)15-8-6-5-7-9-15/h5-9,14,17-18H,3-4,10-13H2,1-2H3. The van der Waals surface area contributed by atoms with Crippen molar-refractivity contribution in [2.75, 3.05) is 6.61 Å². The van der Waals surface area contributed by atoms with Crippen molar-refractivity contribution in [3.8, 4) is 0 Å². The normalized spacial score (nSPS) is 13.9. The summed E-state index contributed by atoms with van der Waals surface area (Å²) in [6.45, 7) is 4.09. The van der Waals surface area contributed by atoms with Crippen LogP contribution < -0.4 is 0 Å². The van der Waals surface area contributed by atoms with E-state index in [9.17, 15) is 9.90 Å². The lowest BCUT2D eigenvalue weighted by Crippen LogP contribution is -2.15. The van der Waals surface area contributed by atoms with E-state index in [-0.39, 0.29) is 6.10 Å². The number of carbonyl (C=O) groups is 1. The van der Waals surface area contributed by atoms with Gasteiger partial charge in [-0.05, 0) is 25.3 Å². The summed E-state index contributed by atoms with van der Waals surface area (Å²) in [5.41, 5.74) is 1.07. The Morgan fingerprint density at radius 3 is 2.55 bits per heavy atom. The van der Waals surface area contributed by atoms with Gasteiger partial charge in [-0.15, -0.1) is 0 Å². The van der Waals surface area contributed by atoms with Crippen LogP contribution in [0.5, 0.6) is 0 Å². The van der Waals surface area contributed by atoms with E-state index in [1.54, 1.807) is 6.92 Å². The molecule has 0 fully saturated rings. The molecule has 3 heteroatoms. The molecule has 0 aliphatic carbocycles. The molecule has 112 valence electrons. The third kappa shape index (κ3) is 6.83. The zero-order valence-corrected chi connectivity index (χ0v) is 12.5. The van der Waals surface area contributed by atoms with Gasteiger partial charge in [-0.25, -0.2) is 0 Å². The van der Waals surface area contributed by atoms with Crippen LogP contribution in [0.4, 0.5) is 0 Å². The molecule has 0 amide bonds. The average Bonchev–Trinajstić information content (AvgIpc) is 2.45. The van der Waals surface area contributed by atoms with Crippen LogP contribution in [0.15, 0.2) is 30.3 Å². The molecule has 0 aliphatic rings. The maximum Gasteiger partial charge on any atom is 0.133 e. The molecule has 3 nitrogen and oxygen atoms in total. The average molecular weight is 278 g/mol. The highest BCUT2D eigenvalue weighted by Crippen LogP contribution is 2.23. The fraction of sp³-hybridized carbons (Fsp3) is 0.588. The van der Waals surface area contributed by atoms with E-state index in [1.165, 1.54) is 0 Å². The Morgan fingerprint density at radius 2 is 1.95 bits per heavy atom. The Labute approximate surface area is 122 Å². The summed E-state index contributed by atoms with van der Waals surface area (Å²) in [5, 5.41) is 9.35. The highest BCUT2D eigenvalue weighted by atomic mass is 16.5. The molecule has 1 aromatic rings. The van der Waals surface area contributed by atoms with Gasteiger partial charge in [0.25, 0.3) is 0 Å². The van der Waals surface area contributed by atoms with Gasteiger partial charge in [-0.1, -0.05) is 43.7 Å². The summed E-state index contributed by atoms with van der Waals surface area (Å²) < 4.78 is 5.74. The third-order valence-corrected chi connectivity index (χ3v) is 3.20. The molecule has 0 heterocycles. The Kier molecular flexibility index (Phi) is 8.16. The molecule has 0 radical (unpaired) electrons. The minimum atomic E-state index is -0.489. The fourth-order valence-electron chi connectivity index (χ4n) is 2.06. The second-order valence-corrected chi connectivity index (χ2v) is 5.26. The van der Waals surface area contributed by atoms with Gasteiger partial charge < -0.3 is 9.84 Å². The van der Waals surface area contributed by atoms with Gasteiger partial charge in [-0.3, -0.25) is 4.79 Å². The Morgan fingerprint density at radius 1 is 1.25 bits per heavy atom. The first-order valence-corrected chi connectivity index (χ1v) is 7.49. The van der Waals surface area contributed by atoms with E-state index >= 15 is 0 Å². The lowest BCUT2D eigenvalue weighted by Gasteiger charge is -2.19. The first-order valence-electron chi connectivity index (χ1n) is 7.49. The topological polar surface area (TPSA) is 46.5 Å². The zero-order chi connectivity index (χ0) is 14.8. The molecule has 2 unspecified atom stereocenters. The van der Waals surface area contributed by atoms with Crippen molar-refractivity contribution >= 4 is 5.78 Å². The van der Waals surface area contributed by atoms with E-state index in [4.69, 9.17) is 4.74 Å². The number of rotatable bonds is 10. The minimum absolute atomic E-state index is 0.114. The molecule has 0 spiro atoms. The van der Waals surface area contributed by atoms with E-state index < -0.39 is 6.10 Å². The van der Waals surface area contributed by atoms with Crippen LogP contribution >= 0.6 is 0 Å². The molecule has 0 aromatic heterocycles. The number of ketones is 1. The van der Waals surface area contributed by atoms with Gasteiger partial charge in [0.2, 0.25) is 0 Å². The van der Waals surface area contributed by atoms with E-state index in [1.807, 2.05) is 30.3 Å². The van der Waals surface area contributed by atoms with Gasteiger partial charge in [0.1, 0.15) is 5.78 Å². The molecule has 0 aliphatic heterocycles. The van der Waals surface area contributed by atoms with Crippen molar-refractivity contribution in [3.05, 3.63) is 35.9 Å². The quantitative estimate of drug-likeness (QED) is 0.710. The van der Waals surface area contributed by atoms with Gasteiger partial charge in [0.15, 0.2) is 0 Å². The maximum absolute atomic E-state index is 11.8. The summed E-state index contributed by atoms with van der Waals surface area (Å²) in [6.07, 6.45) is 3.29. The van der Waals surface area contributed by atoms with Crippen LogP contribution in [-0.4, -0.2) is 23.6 Å². The van der Waals surface area contributed by atoms with Crippen molar-refractivity contribution in [1.82, 2.24) is 0 Å². The number of ether oxygens (including phenoxy) is 1. The predicted octanol–water partition coefficient (Wildman–Crippen LogP) is 3.66. The number of hydrogen-bond acceptors (Lipinski definition) is 3. The molecule has 0 saturated heterocycles. The second-order valence-electron chi connectivity index (χ2n) is 5.26. The van der Waals surface area contributed by atoms with Gasteiger partial charge >= 0.3 is 0 Å². The monoisotopic (exact) mass is 278 g/mol. The minimum Gasteiger partial charge on any atom is -0.391 e. The van der Waals surface area contributed by atoms with Crippen molar-refractivity contribution in [3.63, 3.8) is 0 Å². The van der Waals surface area contributed by atoms with Crippen molar-refractivity contribution in [2.45, 2.75) is 58.2 Å². The molecule has 1 rings (SSSR count). The largest absolute Gasteiger partial charge is 0.391 e. The highest BCUT2D eigenvalue weighted by Gasteiger charge is 2.14. The van der Waals surface area contributed by atoms with E-state index in [2.05, 4.69) is 6.92 Å². The summed E-state index contributed by atoms with van der Waals surface area (Å²) in [6, 6.07) is 9.90. The van der Waals surface area contributed by atoms with E-state index in [0.29, 0.717) is 31.7 Å². The fourth-order valence-corrected chi connectivity index (χ4v) is 2.06. The van der Waals surface area contributed by atoms with Crippen LogP contribution in [0, 0.1) is 0 Å². The number of Topliss-reactive ketones (excluding diaryl/α,β-unsaturated/α-hetero) is 1. The summed E-state index contributed by atoms with van der Waals surface area (Å²) in [7, 11) is 0. The van der Waals surface area contributed by atoms with Crippen LogP contribution in [-0.2, 0) is 9.53 Å².